The molecule has 5 rings (SSSR count). The van der Waals surface area contributed by atoms with Crippen molar-refractivity contribution in [3.63, 3.8) is 0 Å². The molecule has 1 amide bonds. The normalized spacial score (nSPS) is 14.8. The molecule has 0 aliphatic carbocycles. The number of aromatic nitrogens is 5. The summed E-state index contributed by atoms with van der Waals surface area (Å²) < 4.78 is 45.8. The zero-order valence-electron chi connectivity index (χ0n) is 18.3. The highest BCUT2D eigenvalue weighted by molar-refractivity contribution is 5.91. The number of nitrogens with zero attached hydrogens (tertiary/aromatic N) is 6. The first-order chi connectivity index (χ1) is 16.9. The SMILES string of the molecule is O=C(Nc1ccc(Oc2ccccc2)cn1)C1CCN(c2ccc3nnc(C(F)(F)F)n3n2)CC1. The third-order valence-corrected chi connectivity index (χ3v) is 5.66. The summed E-state index contributed by atoms with van der Waals surface area (Å²) in [4.78, 5) is 18.8. The molecule has 1 aliphatic rings. The van der Waals surface area contributed by atoms with Gasteiger partial charge in [0.2, 0.25) is 5.91 Å². The second kappa shape index (κ2) is 9.20. The Kier molecular flexibility index (Phi) is 5.93. The largest absolute Gasteiger partial charge is 0.456 e. The number of piperidine rings is 1. The number of ether oxygens (including phenoxy) is 1. The summed E-state index contributed by atoms with van der Waals surface area (Å²) in [7, 11) is 0. The minimum atomic E-state index is -4.66. The Labute approximate surface area is 197 Å². The van der Waals surface area contributed by atoms with Gasteiger partial charge in [-0.3, -0.25) is 4.79 Å². The molecule has 1 aliphatic heterocycles. The van der Waals surface area contributed by atoms with Crippen LogP contribution in [-0.2, 0) is 11.0 Å². The van der Waals surface area contributed by atoms with Gasteiger partial charge in [0.25, 0.3) is 5.82 Å². The van der Waals surface area contributed by atoms with Gasteiger partial charge in [-0.05, 0) is 49.2 Å². The van der Waals surface area contributed by atoms with Gasteiger partial charge < -0.3 is 15.0 Å². The van der Waals surface area contributed by atoms with Crippen LogP contribution in [0.1, 0.15) is 18.7 Å². The third kappa shape index (κ3) is 5.00. The Morgan fingerprint density at radius 1 is 0.971 bits per heavy atom. The number of benzene rings is 1. The Balaban J connectivity index is 1.18. The van der Waals surface area contributed by atoms with Crippen molar-refractivity contribution < 1.29 is 22.7 Å². The van der Waals surface area contributed by atoms with Crippen molar-refractivity contribution in [3.05, 3.63) is 66.6 Å². The summed E-state index contributed by atoms with van der Waals surface area (Å²) in [6, 6.07) is 15.7. The average Bonchev–Trinajstić information content (AvgIpc) is 3.30. The molecule has 0 unspecified atom stereocenters. The van der Waals surface area contributed by atoms with E-state index in [2.05, 4.69) is 25.6 Å². The van der Waals surface area contributed by atoms with Gasteiger partial charge >= 0.3 is 6.18 Å². The summed E-state index contributed by atoms with van der Waals surface area (Å²) in [6.45, 7) is 0.939. The molecule has 35 heavy (non-hydrogen) atoms. The number of hydrogen-bond acceptors (Lipinski definition) is 7. The lowest BCUT2D eigenvalue weighted by atomic mass is 9.96. The Hall–Kier alpha value is -4.22. The van der Waals surface area contributed by atoms with Crippen LogP contribution >= 0.6 is 0 Å². The maximum Gasteiger partial charge on any atom is 0.453 e. The van der Waals surface area contributed by atoms with E-state index in [0.717, 1.165) is 0 Å². The Bertz CT molecular complexity index is 1320. The quantitative estimate of drug-likeness (QED) is 0.455. The van der Waals surface area contributed by atoms with Crippen LogP contribution in [0.2, 0.25) is 0 Å². The highest BCUT2D eigenvalue weighted by Crippen LogP contribution is 2.29. The van der Waals surface area contributed by atoms with Gasteiger partial charge in [0, 0.05) is 19.0 Å². The fourth-order valence-electron chi connectivity index (χ4n) is 3.86. The number of nitrogens with one attached hydrogen (secondary N) is 1. The third-order valence-electron chi connectivity index (χ3n) is 5.66. The predicted octanol–water partition coefficient (Wildman–Crippen LogP) is 4.19. The molecule has 180 valence electrons. The van der Waals surface area contributed by atoms with E-state index >= 15 is 0 Å². The number of halogens is 3. The van der Waals surface area contributed by atoms with Crippen LogP contribution in [0.15, 0.2) is 60.8 Å². The van der Waals surface area contributed by atoms with E-state index in [9.17, 15) is 18.0 Å². The molecule has 1 N–H and O–H groups in total. The van der Waals surface area contributed by atoms with E-state index in [1.165, 1.54) is 12.3 Å². The second-order valence-corrected chi connectivity index (χ2v) is 8.03. The molecular weight excluding hydrogens is 463 g/mol. The van der Waals surface area contributed by atoms with Crippen molar-refractivity contribution in [2.75, 3.05) is 23.3 Å². The summed E-state index contributed by atoms with van der Waals surface area (Å²) in [5.41, 5.74) is 0.0167. The van der Waals surface area contributed by atoms with E-state index in [1.54, 1.807) is 18.2 Å². The van der Waals surface area contributed by atoms with E-state index in [0.29, 0.717) is 53.6 Å². The summed E-state index contributed by atoms with van der Waals surface area (Å²) >= 11 is 0. The molecule has 12 heteroatoms. The van der Waals surface area contributed by atoms with Crippen LogP contribution in [0.5, 0.6) is 11.5 Å². The van der Waals surface area contributed by atoms with Crippen molar-refractivity contribution in [1.82, 2.24) is 24.8 Å². The van der Waals surface area contributed by atoms with Gasteiger partial charge in [-0.25, -0.2) is 4.98 Å². The molecule has 0 saturated carbocycles. The number of carbonyl (C=O) groups excluding carboxylic acids is 1. The molecule has 1 saturated heterocycles. The molecule has 0 spiro atoms. The van der Waals surface area contributed by atoms with Crippen LogP contribution in [0.3, 0.4) is 0 Å². The van der Waals surface area contributed by atoms with Gasteiger partial charge in [0.15, 0.2) is 5.65 Å². The van der Waals surface area contributed by atoms with E-state index in [4.69, 9.17) is 4.74 Å². The van der Waals surface area contributed by atoms with E-state index in [-0.39, 0.29) is 17.5 Å². The van der Waals surface area contributed by atoms with Gasteiger partial charge in [0.1, 0.15) is 23.1 Å². The number of pyridine rings is 1. The smallest absolute Gasteiger partial charge is 0.453 e. The standard InChI is InChI=1S/C23H20F3N7O2/c24-23(25,26)22-30-29-19-8-9-20(31-33(19)22)32-12-10-15(11-13-32)21(34)28-18-7-6-17(14-27-18)35-16-4-2-1-3-5-16/h1-9,14-15H,10-13H2,(H,27,28,34). The Morgan fingerprint density at radius 2 is 1.74 bits per heavy atom. The fraction of sp³-hybridized carbons (Fsp3) is 0.261. The lowest BCUT2D eigenvalue weighted by molar-refractivity contribution is -0.146. The molecule has 1 fully saturated rings. The predicted molar refractivity (Wildman–Crippen MR) is 120 cm³/mol. The molecular formula is C23H20F3N7O2. The zero-order valence-corrected chi connectivity index (χ0v) is 18.3. The van der Waals surface area contributed by atoms with Gasteiger partial charge in [0.05, 0.1) is 6.20 Å². The first kappa shape index (κ1) is 22.6. The number of anilines is 2. The lowest BCUT2D eigenvalue weighted by Gasteiger charge is -2.31. The van der Waals surface area contributed by atoms with Gasteiger partial charge in [-0.2, -0.15) is 17.7 Å². The minimum Gasteiger partial charge on any atom is -0.456 e. The van der Waals surface area contributed by atoms with Gasteiger partial charge in [-0.15, -0.1) is 15.3 Å². The highest BCUT2D eigenvalue weighted by Gasteiger charge is 2.38. The Morgan fingerprint density at radius 3 is 2.43 bits per heavy atom. The van der Waals surface area contributed by atoms with Crippen molar-refractivity contribution in [1.29, 1.82) is 0 Å². The number of carbonyl (C=O) groups is 1. The van der Waals surface area contributed by atoms with E-state index in [1.807, 2.05) is 35.2 Å². The first-order valence-corrected chi connectivity index (χ1v) is 10.9. The van der Waals surface area contributed by atoms with Crippen molar-refractivity contribution in [2.24, 2.45) is 5.92 Å². The van der Waals surface area contributed by atoms with Crippen LogP contribution in [0.25, 0.3) is 5.65 Å². The van der Waals surface area contributed by atoms with Gasteiger partial charge in [-0.1, -0.05) is 18.2 Å². The van der Waals surface area contributed by atoms with Crippen LogP contribution in [-0.4, -0.2) is 43.8 Å². The maximum absolute atomic E-state index is 13.1. The summed E-state index contributed by atoms with van der Waals surface area (Å²) in [6.07, 6.45) is -2.08. The first-order valence-electron chi connectivity index (χ1n) is 10.9. The van der Waals surface area contributed by atoms with Crippen molar-refractivity contribution >= 4 is 23.2 Å². The molecule has 0 bridgehead atoms. The van der Waals surface area contributed by atoms with Crippen LogP contribution in [0.4, 0.5) is 24.8 Å². The topological polar surface area (TPSA) is 97.5 Å². The zero-order chi connectivity index (χ0) is 24.4. The number of amides is 1. The highest BCUT2D eigenvalue weighted by atomic mass is 19.4. The fourth-order valence-corrected chi connectivity index (χ4v) is 3.86. The number of hydrogen-bond donors (Lipinski definition) is 1. The lowest BCUT2D eigenvalue weighted by Crippen LogP contribution is -2.38. The monoisotopic (exact) mass is 483 g/mol. The molecule has 1 aromatic carbocycles. The average molecular weight is 483 g/mol. The van der Waals surface area contributed by atoms with Crippen LogP contribution < -0.4 is 15.0 Å². The number of alkyl halides is 3. The van der Waals surface area contributed by atoms with Crippen molar-refractivity contribution in [2.45, 2.75) is 19.0 Å². The van der Waals surface area contributed by atoms with E-state index < -0.39 is 12.0 Å². The van der Waals surface area contributed by atoms with Crippen LogP contribution in [0, 0.1) is 5.92 Å². The molecule has 0 radical (unpaired) electrons. The molecule has 4 aromatic rings. The molecule has 4 heterocycles. The summed E-state index contributed by atoms with van der Waals surface area (Å²) in [5, 5.41) is 13.6. The number of rotatable bonds is 5. The number of fused-ring (bicyclic) bond motifs is 1. The van der Waals surface area contributed by atoms with Crippen molar-refractivity contribution in [3.8, 4) is 11.5 Å². The molecule has 0 atom stereocenters. The molecule has 3 aromatic heterocycles. The summed E-state index contributed by atoms with van der Waals surface area (Å²) in [5.74, 6) is 0.443. The molecule has 9 nitrogen and oxygen atoms in total. The maximum atomic E-state index is 13.1. The number of para-hydroxylation sites is 1. The second-order valence-electron chi connectivity index (χ2n) is 8.03. The minimum absolute atomic E-state index is 0.0167.